The molecule has 0 spiro atoms. The minimum Gasteiger partial charge on any atom is -0.495 e. The fourth-order valence-electron chi connectivity index (χ4n) is 1.59. The van der Waals surface area contributed by atoms with Crippen LogP contribution in [0.25, 0.3) is 11.3 Å². The second-order valence-corrected chi connectivity index (χ2v) is 3.88. The van der Waals surface area contributed by atoms with Gasteiger partial charge in [-0.25, -0.2) is 9.97 Å². The highest BCUT2D eigenvalue weighted by Gasteiger charge is 2.34. The molecule has 0 aromatic carbocycles. The zero-order valence-corrected chi connectivity index (χ0v) is 10.5. The highest BCUT2D eigenvalue weighted by Crippen LogP contribution is 2.27. The van der Waals surface area contributed by atoms with Crippen molar-refractivity contribution in [3.8, 4) is 17.0 Å². The quantitative estimate of drug-likeness (QED) is 0.933. The summed E-state index contributed by atoms with van der Waals surface area (Å²) in [5.41, 5.74) is 7.06. The van der Waals surface area contributed by atoms with Gasteiger partial charge in [-0.15, -0.1) is 0 Å². The van der Waals surface area contributed by atoms with E-state index in [1.54, 1.807) is 6.07 Å². The summed E-state index contributed by atoms with van der Waals surface area (Å²) in [6.07, 6.45) is -0.959. The molecule has 0 saturated carbocycles. The van der Waals surface area contributed by atoms with E-state index in [2.05, 4.69) is 15.0 Å². The summed E-state index contributed by atoms with van der Waals surface area (Å²) in [6, 6.07) is 1.63. The molecule has 2 aromatic heterocycles. The molecule has 0 radical (unpaired) electrons. The fraction of sp³-hybridized carbons (Fsp3) is 0.250. The van der Waals surface area contributed by atoms with Gasteiger partial charge in [0.2, 0.25) is 5.82 Å². The molecule has 0 fully saturated rings. The number of halogens is 3. The molecule has 2 heterocycles. The molecule has 0 amide bonds. The van der Waals surface area contributed by atoms with E-state index in [1.807, 2.05) is 0 Å². The van der Waals surface area contributed by atoms with Gasteiger partial charge in [0.15, 0.2) is 0 Å². The van der Waals surface area contributed by atoms with Gasteiger partial charge in [0.05, 0.1) is 19.0 Å². The van der Waals surface area contributed by atoms with Gasteiger partial charge in [-0.3, -0.25) is 4.98 Å². The maximum atomic E-state index is 12.4. The van der Waals surface area contributed by atoms with Crippen LogP contribution in [-0.2, 0) is 12.7 Å². The van der Waals surface area contributed by atoms with E-state index in [9.17, 15) is 13.2 Å². The van der Waals surface area contributed by atoms with Crippen molar-refractivity contribution in [1.82, 2.24) is 15.0 Å². The maximum Gasteiger partial charge on any atom is 0.451 e. The zero-order chi connectivity index (χ0) is 14.8. The molecule has 0 atom stereocenters. The predicted octanol–water partition coefficient (Wildman–Crippen LogP) is 2.02. The van der Waals surface area contributed by atoms with E-state index in [4.69, 9.17) is 10.5 Å². The van der Waals surface area contributed by atoms with Crippen molar-refractivity contribution >= 4 is 0 Å². The standard InChI is InChI=1S/C12H11F3N4O/c1-20-10-6-17-9(2-7(10)3-16)8-4-18-11(19-5-8)12(13,14)15/h2,4-6H,3,16H2,1H3. The number of hydrogen-bond acceptors (Lipinski definition) is 5. The topological polar surface area (TPSA) is 73.9 Å². The predicted molar refractivity (Wildman–Crippen MR) is 64.7 cm³/mol. The molecule has 8 heteroatoms. The van der Waals surface area contributed by atoms with Crippen molar-refractivity contribution in [1.29, 1.82) is 0 Å². The normalized spacial score (nSPS) is 11.4. The number of ether oxygens (including phenoxy) is 1. The molecular weight excluding hydrogens is 273 g/mol. The van der Waals surface area contributed by atoms with Crippen LogP contribution in [0.15, 0.2) is 24.7 Å². The highest BCUT2D eigenvalue weighted by atomic mass is 19.4. The summed E-state index contributed by atoms with van der Waals surface area (Å²) >= 11 is 0. The third kappa shape index (κ3) is 2.85. The first kappa shape index (κ1) is 14.2. The highest BCUT2D eigenvalue weighted by molar-refractivity contribution is 5.59. The Balaban J connectivity index is 2.37. The number of nitrogens with zero attached hydrogens (tertiary/aromatic N) is 3. The Morgan fingerprint density at radius 3 is 2.30 bits per heavy atom. The average molecular weight is 284 g/mol. The summed E-state index contributed by atoms with van der Waals surface area (Å²) in [5.74, 6) is -0.669. The van der Waals surface area contributed by atoms with Crippen LogP contribution in [0.5, 0.6) is 5.75 Å². The summed E-state index contributed by atoms with van der Waals surface area (Å²) in [5, 5.41) is 0. The lowest BCUT2D eigenvalue weighted by Crippen LogP contribution is -2.10. The van der Waals surface area contributed by atoms with Crippen LogP contribution in [0, 0.1) is 0 Å². The lowest BCUT2D eigenvalue weighted by atomic mass is 10.1. The molecule has 0 aliphatic heterocycles. The Labute approximate surface area is 112 Å². The number of nitrogens with two attached hydrogens (primary N) is 1. The van der Waals surface area contributed by atoms with E-state index in [0.717, 1.165) is 12.4 Å². The summed E-state index contributed by atoms with van der Waals surface area (Å²) in [7, 11) is 1.48. The number of aromatic nitrogens is 3. The molecule has 0 unspecified atom stereocenters. The largest absolute Gasteiger partial charge is 0.495 e. The summed E-state index contributed by atoms with van der Waals surface area (Å²) < 4.78 is 42.2. The van der Waals surface area contributed by atoms with E-state index in [1.165, 1.54) is 13.3 Å². The van der Waals surface area contributed by atoms with Gasteiger partial charge in [-0.05, 0) is 6.07 Å². The molecule has 2 N–H and O–H groups in total. The summed E-state index contributed by atoms with van der Waals surface area (Å²) in [6.45, 7) is 0.222. The van der Waals surface area contributed by atoms with Crippen LogP contribution >= 0.6 is 0 Å². The van der Waals surface area contributed by atoms with Crippen molar-refractivity contribution in [2.75, 3.05) is 7.11 Å². The first-order valence-electron chi connectivity index (χ1n) is 5.58. The lowest BCUT2D eigenvalue weighted by Gasteiger charge is -2.09. The van der Waals surface area contributed by atoms with Gasteiger partial charge in [0, 0.05) is 30.1 Å². The first-order valence-corrected chi connectivity index (χ1v) is 5.58. The van der Waals surface area contributed by atoms with Crippen LogP contribution in [0.3, 0.4) is 0 Å². The van der Waals surface area contributed by atoms with Gasteiger partial charge < -0.3 is 10.5 Å². The zero-order valence-electron chi connectivity index (χ0n) is 10.5. The lowest BCUT2D eigenvalue weighted by molar-refractivity contribution is -0.144. The molecule has 0 bridgehead atoms. The van der Waals surface area contributed by atoms with Crippen LogP contribution in [0.1, 0.15) is 11.4 Å². The van der Waals surface area contributed by atoms with Crippen LogP contribution in [0.2, 0.25) is 0 Å². The maximum absolute atomic E-state index is 12.4. The van der Waals surface area contributed by atoms with Crippen molar-refractivity contribution < 1.29 is 17.9 Å². The van der Waals surface area contributed by atoms with Gasteiger partial charge in [0.1, 0.15) is 5.75 Å². The van der Waals surface area contributed by atoms with Gasteiger partial charge >= 0.3 is 6.18 Å². The Morgan fingerprint density at radius 1 is 1.15 bits per heavy atom. The van der Waals surface area contributed by atoms with Crippen molar-refractivity contribution in [3.63, 3.8) is 0 Å². The molecule has 0 saturated heterocycles. The average Bonchev–Trinajstić information content (AvgIpc) is 2.45. The van der Waals surface area contributed by atoms with E-state index >= 15 is 0 Å². The molecule has 0 aliphatic carbocycles. The van der Waals surface area contributed by atoms with E-state index in [0.29, 0.717) is 22.6 Å². The monoisotopic (exact) mass is 284 g/mol. The molecule has 5 nitrogen and oxygen atoms in total. The summed E-state index contributed by atoms with van der Waals surface area (Å²) in [4.78, 5) is 10.7. The van der Waals surface area contributed by atoms with Gasteiger partial charge in [-0.2, -0.15) is 13.2 Å². The van der Waals surface area contributed by atoms with Crippen molar-refractivity contribution in [3.05, 3.63) is 36.0 Å². The Hall–Kier alpha value is -2.22. The third-order valence-corrected chi connectivity index (χ3v) is 2.59. The molecule has 20 heavy (non-hydrogen) atoms. The Bertz CT molecular complexity index is 599. The first-order chi connectivity index (χ1) is 9.45. The molecule has 2 aromatic rings. The second-order valence-electron chi connectivity index (χ2n) is 3.88. The Morgan fingerprint density at radius 2 is 1.80 bits per heavy atom. The molecule has 0 aliphatic rings. The van der Waals surface area contributed by atoms with E-state index in [-0.39, 0.29) is 6.54 Å². The Kier molecular flexibility index (Phi) is 3.84. The smallest absolute Gasteiger partial charge is 0.451 e. The number of pyridine rings is 1. The SMILES string of the molecule is COc1cnc(-c2cnc(C(F)(F)F)nc2)cc1CN. The number of rotatable bonds is 3. The van der Waals surface area contributed by atoms with Crippen molar-refractivity contribution in [2.45, 2.75) is 12.7 Å². The van der Waals surface area contributed by atoms with Gasteiger partial charge in [0.25, 0.3) is 0 Å². The second kappa shape index (κ2) is 5.41. The fourth-order valence-corrected chi connectivity index (χ4v) is 1.59. The van der Waals surface area contributed by atoms with E-state index < -0.39 is 12.0 Å². The van der Waals surface area contributed by atoms with Gasteiger partial charge in [-0.1, -0.05) is 0 Å². The van der Waals surface area contributed by atoms with Crippen LogP contribution in [-0.4, -0.2) is 22.1 Å². The molecule has 2 rings (SSSR count). The number of alkyl halides is 3. The number of hydrogen-bond donors (Lipinski definition) is 1. The third-order valence-electron chi connectivity index (χ3n) is 2.59. The molecule has 106 valence electrons. The minimum absolute atomic E-state index is 0.222. The van der Waals surface area contributed by atoms with Crippen molar-refractivity contribution in [2.24, 2.45) is 5.73 Å². The number of methoxy groups -OCH3 is 1. The minimum atomic E-state index is -4.56. The van der Waals surface area contributed by atoms with Crippen LogP contribution in [0.4, 0.5) is 13.2 Å². The van der Waals surface area contributed by atoms with Crippen LogP contribution < -0.4 is 10.5 Å². The molecular formula is C12H11F3N4O.